The molecule has 55 heavy (non-hydrogen) atoms. The van der Waals surface area contributed by atoms with Crippen molar-refractivity contribution in [3.8, 4) is 0 Å². The maximum absolute atomic E-state index is 12.6. The van der Waals surface area contributed by atoms with Crippen molar-refractivity contribution in [1.82, 2.24) is 0 Å². The highest BCUT2D eigenvalue weighted by Crippen LogP contribution is 2.43. The Morgan fingerprint density at radius 2 is 1.11 bits per heavy atom. The van der Waals surface area contributed by atoms with Gasteiger partial charge in [-0.15, -0.1) is 0 Å². The monoisotopic (exact) mass is 805 g/mol. The highest BCUT2D eigenvalue weighted by molar-refractivity contribution is 7.47. The molecule has 12 nitrogen and oxygen atoms in total. The molecule has 13 heteroatoms. The van der Waals surface area contributed by atoms with Gasteiger partial charge in [0.05, 0.1) is 32.0 Å². The Hall–Kier alpha value is -1.89. The number of hydrogen-bond donors (Lipinski definition) is 5. The lowest BCUT2D eigenvalue weighted by Gasteiger charge is -2.20. The fourth-order valence-corrected chi connectivity index (χ4v) is 6.36. The first-order valence-electron chi connectivity index (χ1n) is 21.1. The zero-order valence-electron chi connectivity index (χ0n) is 34.1. The van der Waals surface area contributed by atoms with Crippen LogP contribution in [0.25, 0.3) is 0 Å². The summed E-state index contributed by atoms with van der Waals surface area (Å²) in [6.45, 7) is 2.01. The largest absolute Gasteiger partial charge is 0.472 e. The quantitative estimate of drug-likeness (QED) is 0.0172. The lowest BCUT2D eigenvalue weighted by molar-refractivity contribution is -0.161. The third-order valence-electron chi connectivity index (χ3n) is 9.00. The fraction of sp³-hybridized carbons (Fsp3) is 0.810. The van der Waals surface area contributed by atoms with Crippen molar-refractivity contribution in [3.63, 3.8) is 0 Å². The highest BCUT2D eigenvalue weighted by atomic mass is 31.2. The van der Waals surface area contributed by atoms with Crippen LogP contribution in [-0.4, -0.2) is 88.1 Å². The van der Waals surface area contributed by atoms with Gasteiger partial charge in [-0.05, 0) is 51.4 Å². The minimum absolute atomic E-state index is 0.0708. The zero-order chi connectivity index (χ0) is 40.8. The number of phosphoric ester groups is 1. The molecular weight excluding hydrogens is 727 g/mol. The van der Waals surface area contributed by atoms with E-state index in [1.165, 1.54) is 77.0 Å². The van der Waals surface area contributed by atoms with Crippen LogP contribution in [-0.2, 0) is 32.7 Å². The molecule has 0 aliphatic heterocycles. The summed E-state index contributed by atoms with van der Waals surface area (Å²) in [6, 6.07) is 0. The first-order valence-corrected chi connectivity index (χ1v) is 22.6. The Bertz CT molecular complexity index is 1050. The Labute approximate surface area is 332 Å². The van der Waals surface area contributed by atoms with Crippen molar-refractivity contribution in [2.24, 2.45) is 0 Å². The van der Waals surface area contributed by atoms with Crippen molar-refractivity contribution in [2.75, 3.05) is 26.4 Å². The van der Waals surface area contributed by atoms with E-state index in [1.807, 2.05) is 12.2 Å². The molecular formula is C42H77O12P. The average Bonchev–Trinajstić information content (AvgIpc) is 3.17. The van der Waals surface area contributed by atoms with Gasteiger partial charge in [0.2, 0.25) is 0 Å². The number of allylic oxidation sites excluding steroid dienone is 5. The lowest BCUT2D eigenvalue weighted by Crippen LogP contribution is -2.30. The predicted octanol–water partition coefficient (Wildman–Crippen LogP) is 8.72. The zero-order valence-corrected chi connectivity index (χ0v) is 35.0. The SMILES string of the molecule is CCCCC/C=C\C/C=C\C/C=C\CC(O)C(O)CCCC(=O)OC[C@H](COP(=O)(O)OC[C@@H](O)CO)OC(=O)CCCCCCCCCCCCCCC. The second-order valence-electron chi connectivity index (χ2n) is 14.3. The van der Waals surface area contributed by atoms with Crippen LogP contribution in [0.1, 0.15) is 168 Å². The van der Waals surface area contributed by atoms with Gasteiger partial charge in [0.1, 0.15) is 12.7 Å². The molecule has 0 aromatic rings. The first kappa shape index (κ1) is 53.1. The van der Waals surface area contributed by atoms with E-state index >= 15 is 0 Å². The molecule has 0 aliphatic carbocycles. The normalized spacial score (nSPS) is 15.4. The van der Waals surface area contributed by atoms with Crippen LogP contribution in [0.2, 0.25) is 0 Å². The van der Waals surface area contributed by atoms with E-state index in [0.717, 1.165) is 38.5 Å². The van der Waals surface area contributed by atoms with Crippen LogP contribution in [0.5, 0.6) is 0 Å². The van der Waals surface area contributed by atoms with Gasteiger partial charge in [-0.2, -0.15) is 0 Å². The van der Waals surface area contributed by atoms with Gasteiger partial charge in [0.25, 0.3) is 0 Å². The Morgan fingerprint density at radius 3 is 1.71 bits per heavy atom. The van der Waals surface area contributed by atoms with E-state index in [0.29, 0.717) is 6.42 Å². The van der Waals surface area contributed by atoms with Crippen LogP contribution in [0.3, 0.4) is 0 Å². The summed E-state index contributed by atoms with van der Waals surface area (Å²) in [5.74, 6) is -1.21. The molecule has 322 valence electrons. The molecule has 0 saturated carbocycles. The summed E-state index contributed by atoms with van der Waals surface area (Å²) in [7, 11) is -4.68. The molecule has 0 bridgehead atoms. The maximum Gasteiger partial charge on any atom is 0.472 e. The molecule has 5 atom stereocenters. The second-order valence-corrected chi connectivity index (χ2v) is 15.8. The van der Waals surface area contributed by atoms with Crippen molar-refractivity contribution in [3.05, 3.63) is 36.5 Å². The molecule has 0 spiro atoms. The van der Waals surface area contributed by atoms with Gasteiger partial charge >= 0.3 is 19.8 Å². The fourth-order valence-electron chi connectivity index (χ4n) is 5.57. The first-order chi connectivity index (χ1) is 26.5. The van der Waals surface area contributed by atoms with Crippen molar-refractivity contribution >= 4 is 19.8 Å². The van der Waals surface area contributed by atoms with Gasteiger partial charge in [0, 0.05) is 12.8 Å². The van der Waals surface area contributed by atoms with Crippen molar-refractivity contribution in [1.29, 1.82) is 0 Å². The summed E-state index contributed by atoms with van der Waals surface area (Å²) in [4.78, 5) is 35.0. The van der Waals surface area contributed by atoms with Crippen LogP contribution >= 0.6 is 7.82 Å². The van der Waals surface area contributed by atoms with E-state index < -0.39 is 70.6 Å². The van der Waals surface area contributed by atoms with E-state index in [-0.39, 0.29) is 32.1 Å². The molecule has 0 amide bonds. The standard InChI is InChI=1S/C42H77O12P/c1-3-5-7-9-11-13-15-17-19-21-23-25-27-31-42(48)54-38(36-53-55(49,50)52-34-37(44)33-43)35-51-41(47)32-28-30-40(46)39(45)29-26-24-22-20-18-16-14-12-10-8-6-4-2/h12,14,18,20,24,26,37-40,43-46H,3-11,13,15-17,19,21-23,25,27-36H2,1-2H3,(H,49,50)/b14-12-,20-18-,26-24-/t37-,38+,39?,40?/m0/s1. The summed E-state index contributed by atoms with van der Waals surface area (Å²) < 4.78 is 32.5. The van der Waals surface area contributed by atoms with Crippen LogP contribution in [0.4, 0.5) is 0 Å². The number of aliphatic hydroxyl groups excluding tert-OH is 4. The third-order valence-corrected chi connectivity index (χ3v) is 9.95. The topological polar surface area (TPSA) is 189 Å². The Morgan fingerprint density at radius 1 is 0.600 bits per heavy atom. The molecule has 0 fully saturated rings. The van der Waals surface area contributed by atoms with E-state index in [2.05, 4.69) is 42.7 Å². The minimum Gasteiger partial charge on any atom is -0.462 e. The third kappa shape index (κ3) is 36.2. The molecule has 0 heterocycles. The maximum atomic E-state index is 12.6. The minimum atomic E-state index is -4.68. The number of rotatable bonds is 39. The molecule has 0 saturated heterocycles. The molecule has 0 aromatic carbocycles. The molecule has 5 N–H and O–H groups in total. The number of hydrogen-bond acceptors (Lipinski definition) is 11. The van der Waals surface area contributed by atoms with E-state index in [1.54, 1.807) is 0 Å². The van der Waals surface area contributed by atoms with Crippen LogP contribution < -0.4 is 0 Å². The van der Waals surface area contributed by atoms with Gasteiger partial charge in [0.15, 0.2) is 6.10 Å². The summed E-state index contributed by atoms with van der Waals surface area (Å²) >= 11 is 0. The number of carbonyl (C=O) groups excluding carboxylic acids is 2. The number of ether oxygens (including phenoxy) is 2. The predicted molar refractivity (Wildman–Crippen MR) is 217 cm³/mol. The Kier molecular flexibility index (Phi) is 36.4. The van der Waals surface area contributed by atoms with E-state index in [4.69, 9.17) is 19.1 Å². The smallest absolute Gasteiger partial charge is 0.462 e. The van der Waals surface area contributed by atoms with Crippen LogP contribution in [0, 0.1) is 0 Å². The Balaban J connectivity index is 4.55. The van der Waals surface area contributed by atoms with Crippen molar-refractivity contribution in [2.45, 2.75) is 192 Å². The molecule has 0 aliphatic rings. The molecule has 0 rings (SSSR count). The number of aliphatic hydroxyl groups is 4. The van der Waals surface area contributed by atoms with Crippen LogP contribution in [0.15, 0.2) is 36.5 Å². The van der Waals surface area contributed by atoms with Gasteiger partial charge < -0.3 is 34.8 Å². The number of phosphoric acid groups is 1. The molecule has 0 aromatic heterocycles. The summed E-state index contributed by atoms with van der Waals surface area (Å²) in [5, 5.41) is 38.9. The summed E-state index contributed by atoms with van der Waals surface area (Å²) in [6.07, 6.45) is 30.0. The number of esters is 2. The number of carbonyl (C=O) groups is 2. The van der Waals surface area contributed by atoms with Gasteiger partial charge in [-0.25, -0.2) is 4.57 Å². The van der Waals surface area contributed by atoms with Gasteiger partial charge in [-0.3, -0.25) is 18.6 Å². The second kappa shape index (κ2) is 37.7. The van der Waals surface area contributed by atoms with Gasteiger partial charge in [-0.1, -0.05) is 140 Å². The van der Waals surface area contributed by atoms with E-state index in [9.17, 15) is 34.4 Å². The average molecular weight is 805 g/mol. The lowest BCUT2D eigenvalue weighted by atomic mass is 10.0. The number of unbranched alkanes of at least 4 members (excludes halogenated alkanes) is 15. The summed E-state index contributed by atoms with van der Waals surface area (Å²) in [5.41, 5.74) is 0. The molecule has 0 radical (unpaired) electrons. The molecule has 3 unspecified atom stereocenters. The van der Waals surface area contributed by atoms with Crippen molar-refractivity contribution < 1.29 is 58.0 Å². The highest BCUT2D eigenvalue weighted by Gasteiger charge is 2.27.